The van der Waals surface area contributed by atoms with Gasteiger partial charge in [-0.15, -0.1) is 23.7 Å². The van der Waals surface area contributed by atoms with E-state index in [1.54, 1.807) is 22.2 Å². The highest BCUT2D eigenvalue weighted by molar-refractivity contribution is 7.18. The van der Waals surface area contributed by atoms with Gasteiger partial charge in [0.15, 0.2) is 0 Å². The van der Waals surface area contributed by atoms with Crippen molar-refractivity contribution in [1.29, 1.82) is 0 Å². The van der Waals surface area contributed by atoms with Crippen LogP contribution in [0, 0.1) is 0 Å². The lowest BCUT2D eigenvalue weighted by atomic mass is 9.97. The first-order chi connectivity index (χ1) is 12.2. The summed E-state index contributed by atoms with van der Waals surface area (Å²) < 4.78 is 1.62. The van der Waals surface area contributed by atoms with E-state index in [4.69, 9.17) is 0 Å². The molecule has 3 heterocycles. The highest BCUT2D eigenvalue weighted by Crippen LogP contribution is 2.33. The van der Waals surface area contributed by atoms with E-state index >= 15 is 0 Å². The number of carbonyl (C=O) groups excluding carboxylic acids is 1. The average molecular weight is 397 g/mol. The summed E-state index contributed by atoms with van der Waals surface area (Å²) in [6, 6.07) is 0. The van der Waals surface area contributed by atoms with E-state index in [2.05, 4.69) is 10.3 Å². The van der Waals surface area contributed by atoms with E-state index in [-0.39, 0.29) is 23.9 Å². The molecule has 2 aromatic rings. The number of fused-ring (bicyclic) bond motifs is 3. The van der Waals surface area contributed by atoms with Crippen LogP contribution in [-0.2, 0) is 24.2 Å². The molecule has 0 bridgehead atoms. The van der Waals surface area contributed by atoms with Gasteiger partial charge < -0.3 is 10.2 Å². The quantitative estimate of drug-likeness (QED) is 0.861. The van der Waals surface area contributed by atoms with Gasteiger partial charge in [0.2, 0.25) is 5.91 Å². The number of halogens is 1. The highest BCUT2D eigenvalue weighted by Gasteiger charge is 2.20. The molecule has 1 aliphatic heterocycles. The Morgan fingerprint density at radius 1 is 1.19 bits per heavy atom. The molecule has 8 heteroatoms. The number of carbonyl (C=O) groups is 1. The number of hydrogen-bond donors (Lipinski definition) is 1. The van der Waals surface area contributed by atoms with Crippen molar-refractivity contribution in [3.63, 3.8) is 0 Å². The molecule has 1 amide bonds. The van der Waals surface area contributed by atoms with Crippen molar-refractivity contribution in [2.45, 2.75) is 45.1 Å². The summed E-state index contributed by atoms with van der Waals surface area (Å²) in [6.07, 6.45) is 7.36. The van der Waals surface area contributed by atoms with Gasteiger partial charge in [0, 0.05) is 37.5 Å². The summed E-state index contributed by atoms with van der Waals surface area (Å²) in [4.78, 5) is 33.9. The van der Waals surface area contributed by atoms with E-state index in [1.807, 2.05) is 4.90 Å². The van der Waals surface area contributed by atoms with Crippen molar-refractivity contribution >= 4 is 39.9 Å². The van der Waals surface area contributed by atoms with E-state index < -0.39 is 0 Å². The van der Waals surface area contributed by atoms with Crippen LogP contribution >= 0.6 is 23.7 Å². The number of nitrogens with one attached hydrogen (secondary N) is 1. The number of hydrogen-bond acceptors (Lipinski definition) is 5. The second-order valence-corrected chi connectivity index (χ2v) is 7.95. The van der Waals surface area contributed by atoms with E-state index in [9.17, 15) is 9.59 Å². The number of rotatable bonds is 3. The van der Waals surface area contributed by atoms with Crippen molar-refractivity contribution in [2.75, 3.05) is 26.2 Å². The summed E-state index contributed by atoms with van der Waals surface area (Å²) in [7, 11) is 0. The second kappa shape index (κ2) is 8.50. The largest absolute Gasteiger partial charge is 0.341 e. The van der Waals surface area contributed by atoms with E-state index in [1.165, 1.54) is 16.9 Å². The number of amides is 1. The minimum atomic E-state index is 0. The smallest absolute Gasteiger partial charge is 0.262 e. The first-order valence-corrected chi connectivity index (χ1v) is 10.0. The maximum Gasteiger partial charge on any atom is 0.262 e. The maximum atomic E-state index is 12.9. The average Bonchev–Trinajstić information content (AvgIpc) is 2.80. The standard InChI is InChI=1S/C18H24N4O2S.ClH/c23-15(21-9-3-7-19-8-11-21)6-10-22-12-20-17-16(18(22)24)13-4-1-2-5-14(13)25-17;/h12,19H,1-11H2;1H. The molecule has 0 atom stereocenters. The molecule has 1 aliphatic carbocycles. The van der Waals surface area contributed by atoms with Gasteiger partial charge in [0.05, 0.1) is 11.7 Å². The molecule has 0 aromatic carbocycles. The molecule has 0 radical (unpaired) electrons. The fourth-order valence-corrected chi connectivity index (χ4v) is 5.03. The maximum absolute atomic E-state index is 12.9. The molecular weight excluding hydrogens is 372 g/mol. The minimum absolute atomic E-state index is 0. The molecule has 4 rings (SSSR count). The van der Waals surface area contributed by atoms with E-state index in [0.29, 0.717) is 13.0 Å². The van der Waals surface area contributed by atoms with Crippen LogP contribution in [0.5, 0.6) is 0 Å². The Hall–Kier alpha value is -1.44. The molecule has 1 N–H and O–H groups in total. The van der Waals surface area contributed by atoms with Crippen LogP contribution in [0.25, 0.3) is 10.2 Å². The Morgan fingerprint density at radius 2 is 2.04 bits per heavy atom. The Labute approximate surface area is 163 Å². The van der Waals surface area contributed by atoms with Crippen LogP contribution in [0.1, 0.15) is 36.1 Å². The van der Waals surface area contributed by atoms with Crippen molar-refractivity contribution in [3.8, 4) is 0 Å². The van der Waals surface area contributed by atoms with Gasteiger partial charge in [-0.1, -0.05) is 0 Å². The Balaban J connectivity index is 0.00000196. The van der Waals surface area contributed by atoms with Gasteiger partial charge in [-0.05, 0) is 44.2 Å². The lowest BCUT2D eigenvalue weighted by Gasteiger charge is -2.20. The number of aryl methyl sites for hydroxylation is 3. The van der Waals surface area contributed by atoms with Crippen molar-refractivity contribution in [2.24, 2.45) is 0 Å². The second-order valence-electron chi connectivity index (χ2n) is 6.87. The molecule has 1 saturated heterocycles. The topological polar surface area (TPSA) is 67.2 Å². The third-order valence-corrected chi connectivity index (χ3v) is 6.40. The molecule has 142 valence electrons. The lowest BCUT2D eigenvalue weighted by Crippen LogP contribution is -2.35. The Kier molecular flexibility index (Phi) is 6.32. The van der Waals surface area contributed by atoms with Gasteiger partial charge in [-0.2, -0.15) is 0 Å². The zero-order chi connectivity index (χ0) is 17.2. The Bertz CT molecular complexity index is 840. The molecule has 2 aromatic heterocycles. The van der Waals surface area contributed by atoms with Crippen molar-refractivity contribution < 1.29 is 4.79 Å². The van der Waals surface area contributed by atoms with Gasteiger partial charge in [0.1, 0.15) is 4.83 Å². The SMILES string of the molecule is Cl.O=C(CCn1cnc2sc3c(c2c1=O)CCCC3)N1CCCNCC1. The van der Waals surface area contributed by atoms with Gasteiger partial charge in [0.25, 0.3) is 5.56 Å². The van der Waals surface area contributed by atoms with Gasteiger partial charge in [-0.3, -0.25) is 14.2 Å². The fraction of sp³-hybridized carbons (Fsp3) is 0.611. The van der Waals surface area contributed by atoms with Gasteiger partial charge >= 0.3 is 0 Å². The fourth-order valence-electron chi connectivity index (χ4n) is 3.81. The third kappa shape index (κ3) is 3.80. The molecule has 0 spiro atoms. The number of thiophene rings is 1. The predicted molar refractivity (Wildman–Crippen MR) is 106 cm³/mol. The normalized spacial score (nSPS) is 17.5. The lowest BCUT2D eigenvalue weighted by molar-refractivity contribution is -0.131. The molecular formula is C18H25ClN4O2S. The van der Waals surface area contributed by atoms with Gasteiger partial charge in [-0.25, -0.2) is 4.98 Å². The van der Waals surface area contributed by atoms with Crippen LogP contribution in [0.3, 0.4) is 0 Å². The third-order valence-electron chi connectivity index (χ3n) is 5.20. The molecule has 2 aliphatic rings. The molecule has 0 saturated carbocycles. The predicted octanol–water partition coefficient (Wildman–Crippen LogP) is 1.97. The summed E-state index contributed by atoms with van der Waals surface area (Å²) in [5, 5.41) is 4.10. The summed E-state index contributed by atoms with van der Waals surface area (Å²) in [5.74, 6) is 0.128. The number of aromatic nitrogens is 2. The van der Waals surface area contributed by atoms with Crippen LogP contribution < -0.4 is 10.9 Å². The van der Waals surface area contributed by atoms with Crippen LogP contribution in [0.4, 0.5) is 0 Å². The zero-order valence-corrected chi connectivity index (χ0v) is 16.5. The summed E-state index contributed by atoms with van der Waals surface area (Å²) in [5.41, 5.74) is 1.23. The van der Waals surface area contributed by atoms with E-state index in [0.717, 1.165) is 62.1 Å². The van der Waals surface area contributed by atoms with Crippen LogP contribution in [-0.4, -0.2) is 46.5 Å². The monoisotopic (exact) mass is 396 g/mol. The molecule has 1 fully saturated rings. The minimum Gasteiger partial charge on any atom is -0.341 e. The van der Waals surface area contributed by atoms with Crippen LogP contribution in [0.2, 0.25) is 0 Å². The number of nitrogens with zero attached hydrogens (tertiary/aromatic N) is 3. The zero-order valence-electron chi connectivity index (χ0n) is 14.8. The highest BCUT2D eigenvalue weighted by atomic mass is 35.5. The first kappa shape index (κ1) is 19.3. The molecule has 6 nitrogen and oxygen atoms in total. The molecule has 0 unspecified atom stereocenters. The summed E-state index contributed by atoms with van der Waals surface area (Å²) >= 11 is 1.67. The van der Waals surface area contributed by atoms with Crippen molar-refractivity contribution in [3.05, 3.63) is 27.1 Å². The summed E-state index contributed by atoms with van der Waals surface area (Å²) in [6.45, 7) is 3.78. The first-order valence-electron chi connectivity index (χ1n) is 9.22. The van der Waals surface area contributed by atoms with Crippen molar-refractivity contribution in [1.82, 2.24) is 19.8 Å². The van der Waals surface area contributed by atoms with Crippen LogP contribution in [0.15, 0.2) is 11.1 Å². The molecule has 26 heavy (non-hydrogen) atoms. The Morgan fingerprint density at radius 3 is 2.92 bits per heavy atom.